The van der Waals surface area contributed by atoms with Gasteiger partial charge in [0.2, 0.25) is 0 Å². The minimum absolute atomic E-state index is 0.524. The predicted molar refractivity (Wildman–Crippen MR) is 73.2 cm³/mol. The van der Waals surface area contributed by atoms with E-state index in [1.165, 1.54) is 0 Å². The van der Waals surface area contributed by atoms with E-state index in [4.69, 9.17) is 9.47 Å². The Morgan fingerprint density at radius 3 is 2.22 bits per heavy atom. The van der Waals surface area contributed by atoms with Crippen LogP contribution in [0.4, 0.5) is 0 Å². The van der Waals surface area contributed by atoms with Gasteiger partial charge in [-0.2, -0.15) is 0 Å². The van der Waals surface area contributed by atoms with Crippen LogP contribution in [0.5, 0.6) is 11.5 Å². The van der Waals surface area contributed by atoms with E-state index in [0.717, 1.165) is 28.2 Å². The number of para-hydroxylation sites is 2. The van der Waals surface area contributed by atoms with Gasteiger partial charge in [-0.15, -0.1) is 0 Å². The molecule has 2 nitrogen and oxygen atoms in total. The molecule has 94 valence electrons. The van der Waals surface area contributed by atoms with Crippen molar-refractivity contribution in [3.63, 3.8) is 0 Å². The van der Waals surface area contributed by atoms with Crippen LogP contribution in [0.2, 0.25) is 0 Å². The zero-order valence-corrected chi connectivity index (χ0v) is 11.1. The van der Waals surface area contributed by atoms with Crippen LogP contribution in [0, 0.1) is 13.8 Å². The highest BCUT2D eigenvalue weighted by atomic mass is 16.5. The first-order valence-electron chi connectivity index (χ1n) is 6.03. The number of aryl methyl sites for hydroxylation is 2. The summed E-state index contributed by atoms with van der Waals surface area (Å²) in [5.41, 5.74) is 3.37. The number of methoxy groups -OCH3 is 1. The van der Waals surface area contributed by atoms with E-state index in [1.54, 1.807) is 7.11 Å². The van der Waals surface area contributed by atoms with E-state index < -0.39 is 0 Å². The molecule has 18 heavy (non-hydrogen) atoms. The summed E-state index contributed by atoms with van der Waals surface area (Å²) in [6.07, 6.45) is 0. The zero-order valence-electron chi connectivity index (χ0n) is 11.1. The Bertz CT molecular complexity index is 512. The van der Waals surface area contributed by atoms with Crippen LogP contribution in [-0.2, 0) is 6.61 Å². The maximum absolute atomic E-state index is 5.92. The molecular formula is C16H18O2. The SMILES string of the molecule is COc1ccccc1COc1c(C)cccc1C. The highest BCUT2D eigenvalue weighted by Crippen LogP contribution is 2.25. The first-order valence-corrected chi connectivity index (χ1v) is 6.03. The van der Waals surface area contributed by atoms with Crippen molar-refractivity contribution in [1.82, 2.24) is 0 Å². The first-order chi connectivity index (χ1) is 8.72. The Hall–Kier alpha value is -1.96. The van der Waals surface area contributed by atoms with Gasteiger partial charge in [-0.1, -0.05) is 36.4 Å². The summed E-state index contributed by atoms with van der Waals surface area (Å²) in [7, 11) is 1.68. The van der Waals surface area contributed by atoms with Crippen LogP contribution in [0.3, 0.4) is 0 Å². The lowest BCUT2D eigenvalue weighted by molar-refractivity contribution is 0.293. The summed E-state index contributed by atoms with van der Waals surface area (Å²) in [6, 6.07) is 14.1. The molecular weight excluding hydrogens is 224 g/mol. The summed E-state index contributed by atoms with van der Waals surface area (Å²) < 4.78 is 11.2. The summed E-state index contributed by atoms with van der Waals surface area (Å²) in [4.78, 5) is 0. The number of ether oxygens (including phenoxy) is 2. The summed E-state index contributed by atoms with van der Waals surface area (Å²) >= 11 is 0. The van der Waals surface area contributed by atoms with Crippen LogP contribution in [0.25, 0.3) is 0 Å². The second-order valence-corrected chi connectivity index (χ2v) is 4.32. The molecule has 0 radical (unpaired) electrons. The molecule has 0 unspecified atom stereocenters. The summed E-state index contributed by atoms with van der Waals surface area (Å²) in [6.45, 7) is 4.64. The fourth-order valence-electron chi connectivity index (χ4n) is 2.00. The zero-order chi connectivity index (χ0) is 13.0. The molecule has 0 amide bonds. The van der Waals surface area contributed by atoms with Crippen LogP contribution < -0.4 is 9.47 Å². The molecule has 0 aliphatic carbocycles. The van der Waals surface area contributed by atoms with Crippen molar-refractivity contribution in [2.45, 2.75) is 20.5 Å². The van der Waals surface area contributed by atoms with Crippen molar-refractivity contribution in [3.05, 3.63) is 59.2 Å². The smallest absolute Gasteiger partial charge is 0.125 e. The topological polar surface area (TPSA) is 18.5 Å². The van der Waals surface area contributed by atoms with Crippen molar-refractivity contribution in [2.75, 3.05) is 7.11 Å². The molecule has 0 saturated heterocycles. The molecule has 2 heteroatoms. The largest absolute Gasteiger partial charge is 0.496 e. The second kappa shape index (κ2) is 5.58. The molecule has 2 aromatic carbocycles. The summed E-state index contributed by atoms with van der Waals surface area (Å²) in [5, 5.41) is 0. The van der Waals surface area contributed by atoms with Gasteiger partial charge in [-0.05, 0) is 31.0 Å². The standard InChI is InChI=1S/C16H18O2/c1-12-7-6-8-13(2)16(12)18-11-14-9-4-5-10-15(14)17-3/h4-10H,11H2,1-3H3. The van der Waals surface area contributed by atoms with Gasteiger partial charge in [-0.3, -0.25) is 0 Å². The molecule has 0 bridgehead atoms. The van der Waals surface area contributed by atoms with Crippen LogP contribution in [0.15, 0.2) is 42.5 Å². The highest BCUT2D eigenvalue weighted by molar-refractivity contribution is 5.40. The monoisotopic (exact) mass is 242 g/mol. The Morgan fingerprint density at radius 1 is 0.889 bits per heavy atom. The van der Waals surface area contributed by atoms with E-state index in [-0.39, 0.29) is 0 Å². The third-order valence-electron chi connectivity index (χ3n) is 2.97. The Balaban J connectivity index is 2.16. The van der Waals surface area contributed by atoms with Gasteiger partial charge >= 0.3 is 0 Å². The lowest BCUT2D eigenvalue weighted by Crippen LogP contribution is -2.00. The van der Waals surface area contributed by atoms with Gasteiger partial charge in [0.25, 0.3) is 0 Å². The average molecular weight is 242 g/mol. The fraction of sp³-hybridized carbons (Fsp3) is 0.250. The van der Waals surface area contributed by atoms with Crippen molar-refractivity contribution >= 4 is 0 Å². The predicted octanol–water partition coefficient (Wildman–Crippen LogP) is 3.89. The van der Waals surface area contributed by atoms with Crippen molar-refractivity contribution in [2.24, 2.45) is 0 Å². The lowest BCUT2D eigenvalue weighted by Gasteiger charge is -2.13. The Labute approximate surface area is 108 Å². The Kier molecular flexibility index (Phi) is 3.88. The van der Waals surface area contributed by atoms with E-state index in [1.807, 2.05) is 30.3 Å². The van der Waals surface area contributed by atoms with Crippen molar-refractivity contribution in [1.29, 1.82) is 0 Å². The number of hydrogen-bond acceptors (Lipinski definition) is 2. The van der Waals surface area contributed by atoms with Crippen molar-refractivity contribution < 1.29 is 9.47 Å². The van der Waals surface area contributed by atoms with Crippen molar-refractivity contribution in [3.8, 4) is 11.5 Å². The maximum Gasteiger partial charge on any atom is 0.125 e. The third-order valence-corrected chi connectivity index (χ3v) is 2.97. The third kappa shape index (κ3) is 2.65. The highest BCUT2D eigenvalue weighted by Gasteiger charge is 2.06. The Morgan fingerprint density at radius 2 is 1.56 bits per heavy atom. The van der Waals surface area contributed by atoms with Gasteiger partial charge in [0.15, 0.2) is 0 Å². The van der Waals surface area contributed by atoms with Crippen LogP contribution in [-0.4, -0.2) is 7.11 Å². The number of hydrogen-bond donors (Lipinski definition) is 0. The second-order valence-electron chi connectivity index (χ2n) is 4.32. The summed E-state index contributed by atoms with van der Waals surface area (Å²) in [5.74, 6) is 1.83. The molecule has 0 heterocycles. The van der Waals surface area contributed by atoms with Crippen LogP contribution >= 0.6 is 0 Å². The lowest BCUT2D eigenvalue weighted by atomic mass is 10.1. The number of benzene rings is 2. The molecule has 2 aromatic rings. The molecule has 0 aromatic heterocycles. The van der Waals surface area contributed by atoms with Gasteiger partial charge < -0.3 is 9.47 Å². The number of rotatable bonds is 4. The van der Waals surface area contributed by atoms with E-state index >= 15 is 0 Å². The molecule has 0 saturated carbocycles. The van der Waals surface area contributed by atoms with Gasteiger partial charge in [0.1, 0.15) is 18.1 Å². The van der Waals surface area contributed by atoms with Gasteiger partial charge in [0.05, 0.1) is 7.11 Å². The molecule has 2 rings (SSSR count). The normalized spacial score (nSPS) is 10.2. The molecule has 0 N–H and O–H groups in total. The van der Waals surface area contributed by atoms with Gasteiger partial charge in [-0.25, -0.2) is 0 Å². The fourth-order valence-corrected chi connectivity index (χ4v) is 2.00. The van der Waals surface area contributed by atoms with E-state index in [9.17, 15) is 0 Å². The first kappa shape index (κ1) is 12.5. The quantitative estimate of drug-likeness (QED) is 0.809. The molecule has 0 aliphatic heterocycles. The maximum atomic E-state index is 5.92. The minimum Gasteiger partial charge on any atom is -0.496 e. The minimum atomic E-state index is 0.524. The van der Waals surface area contributed by atoms with E-state index in [2.05, 4.69) is 26.0 Å². The molecule has 0 aliphatic rings. The van der Waals surface area contributed by atoms with Gasteiger partial charge in [0, 0.05) is 5.56 Å². The van der Waals surface area contributed by atoms with Crippen LogP contribution in [0.1, 0.15) is 16.7 Å². The molecule has 0 fully saturated rings. The molecule has 0 atom stereocenters. The average Bonchev–Trinajstić information content (AvgIpc) is 2.38. The van der Waals surface area contributed by atoms with E-state index in [0.29, 0.717) is 6.61 Å². The molecule has 0 spiro atoms.